The first kappa shape index (κ1) is 27.9. The van der Waals surface area contributed by atoms with Gasteiger partial charge in [0, 0.05) is 17.7 Å². The summed E-state index contributed by atoms with van der Waals surface area (Å²) in [6, 6.07) is 2.74. The summed E-state index contributed by atoms with van der Waals surface area (Å²) in [5, 5.41) is 25.8. The number of alkyl halides is 9. The van der Waals surface area contributed by atoms with Gasteiger partial charge in [0.15, 0.2) is 0 Å². The second-order valence-corrected chi connectivity index (χ2v) is 7.27. The quantitative estimate of drug-likeness (QED) is 0.147. The summed E-state index contributed by atoms with van der Waals surface area (Å²) in [5.74, 6) is -0.828. The highest BCUT2D eigenvalue weighted by atomic mass is 19.4. The first-order valence-electron chi connectivity index (χ1n) is 9.60. The predicted octanol–water partition coefficient (Wildman–Crippen LogP) is 7.27. The summed E-state index contributed by atoms with van der Waals surface area (Å²) in [5.41, 5.74) is -7.43. The molecule has 38 heavy (non-hydrogen) atoms. The molecule has 0 spiro atoms. The monoisotopic (exact) mass is 556 g/mol. The molecule has 0 aliphatic heterocycles. The molecule has 2 aromatic carbocycles. The zero-order valence-corrected chi connectivity index (χ0v) is 17.9. The Morgan fingerprint density at radius 1 is 0.737 bits per heavy atom. The number of rotatable bonds is 6. The molecule has 18 heteroatoms. The van der Waals surface area contributed by atoms with Crippen molar-refractivity contribution in [3.63, 3.8) is 0 Å². The van der Waals surface area contributed by atoms with Crippen LogP contribution in [0.4, 0.5) is 56.6 Å². The summed E-state index contributed by atoms with van der Waals surface area (Å²) in [6.45, 7) is 0. The van der Waals surface area contributed by atoms with Crippen molar-refractivity contribution in [1.29, 1.82) is 0 Å². The first-order chi connectivity index (χ1) is 17.4. The van der Waals surface area contributed by atoms with Crippen molar-refractivity contribution in [3.8, 4) is 11.3 Å². The van der Waals surface area contributed by atoms with Crippen LogP contribution in [0.15, 0.2) is 52.0 Å². The Hall–Kier alpha value is -4.64. The highest BCUT2D eigenvalue weighted by Gasteiger charge is 2.38. The average Bonchev–Trinajstić information content (AvgIpc) is 3.25. The molecule has 0 saturated carbocycles. The molecule has 0 unspecified atom stereocenters. The van der Waals surface area contributed by atoms with Gasteiger partial charge in [0.05, 0.1) is 32.8 Å². The van der Waals surface area contributed by atoms with Crippen LogP contribution in [-0.4, -0.2) is 16.1 Å². The van der Waals surface area contributed by atoms with Gasteiger partial charge in [-0.15, -0.1) is 0 Å². The van der Waals surface area contributed by atoms with Crippen molar-refractivity contribution >= 4 is 23.3 Å². The fraction of sp³-hybridized carbons (Fsp3) is 0.150. The van der Waals surface area contributed by atoms with Crippen LogP contribution >= 0.6 is 0 Å². The Bertz CT molecular complexity index is 1360. The summed E-state index contributed by atoms with van der Waals surface area (Å²) in [6.07, 6.45) is -14.7. The lowest BCUT2D eigenvalue weighted by Gasteiger charge is -2.13. The van der Waals surface area contributed by atoms with Crippen molar-refractivity contribution in [2.24, 2.45) is 5.10 Å². The van der Waals surface area contributed by atoms with Crippen LogP contribution in [0.3, 0.4) is 0 Å². The van der Waals surface area contributed by atoms with E-state index >= 15 is 0 Å². The van der Waals surface area contributed by atoms with Gasteiger partial charge in [-0.25, -0.2) is 0 Å². The molecule has 3 rings (SSSR count). The smallest absolute Gasteiger partial charge is 0.416 e. The number of hydrogen-bond acceptors (Lipinski definition) is 7. The molecular formula is C20H9F9N4O5. The van der Waals surface area contributed by atoms with E-state index in [1.54, 1.807) is 0 Å². The van der Waals surface area contributed by atoms with Crippen molar-refractivity contribution in [1.82, 2.24) is 0 Å². The molecule has 202 valence electrons. The van der Waals surface area contributed by atoms with Crippen LogP contribution < -0.4 is 5.43 Å². The predicted molar refractivity (Wildman–Crippen MR) is 110 cm³/mol. The fourth-order valence-corrected chi connectivity index (χ4v) is 3.01. The topological polar surface area (TPSA) is 124 Å². The minimum Gasteiger partial charge on any atom is -0.455 e. The van der Waals surface area contributed by atoms with Gasteiger partial charge in [-0.1, -0.05) is 0 Å². The highest BCUT2D eigenvalue weighted by Crippen LogP contribution is 2.42. The van der Waals surface area contributed by atoms with E-state index in [0.29, 0.717) is 18.3 Å². The number of benzene rings is 2. The zero-order valence-electron chi connectivity index (χ0n) is 17.9. The van der Waals surface area contributed by atoms with Gasteiger partial charge in [-0.2, -0.15) is 44.6 Å². The molecule has 0 saturated heterocycles. The number of nitrogens with one attached hydrogen (secondary N) is 1. The maximum absolute atomic E-state index is 13.1. The number of nitrogens with zero attached hydrogens (tertiary/aromatic N) is 3. The number of nitro groups is 2. The average molecular weight is 556 g/mol. The number of anilines is 1. The van der Waals surface area contributed by atoms with E-state index in [4.69, 9.17) is 4.42 Å². The Balaban J connectivity index is 1.97. The van der Waals surface area contributed by atoms with Crippen molar-refractivity contribution in [2.75, 3.05) is 5.43 Å². The van der Waals surface area contributed by atoms with Gasteiger partial charge in [0.25, 0.3) is 0 Å². The third-order valence-electron chi connectivity index (χ3n) is 4.68. The van der Waals surface area contributed by atoms with E-state index in [9.17, 15) is 59.7 Å². The SMILES string of the molecule is O=[N+]([O-])c1cc(C(F)(F)F)cc([N+](=O)[O-])c1N/N=C\c1ccc(-c2cc(C(F)(F)F)cc(C(F)(F)F)c2)o1. The van der Waals surface area contributed by atoms with E-state index in [2.05, 4.69) is 5.10 Å². The number of hydrazone groups is 1. The highest BCUT2D eigenvalue weighted by molar-refractivity contribution is 5.80. The molecule has 9 nitrogen and oxygen atoms in total. The van der Waals surface area contributed by atoms with Gasteiger partial charge in [-0.05, 0) is 30.3 Å². The maximum Gasteiger partial charge on any atom is 0.416 e. The van der Waals surface area contributed by atoms with E-state index < -0.39 is 73.5 Å². The molecule has 1 aromatic heterocycles. The van der Waals surface area contributed by atoms with Gasteiger partial charge in [-0.3, -0.25) is 25.7 Å². The second kappa shape index (κ2) is 9.67. The molecule has 3 aromatic rings. The molecular weight excluding hydrogens is 547 g/mol. The Kier molecular flexibility index (Phi) is 7.11. The lowest BCUT2D eigenvalue weighted by molar-refractivity contribution is -0.392. The minimum atomic E-state index is -5.16. The van der Waals surface area contributed by atoms with E-state index in [1.165, 1.54) is 0 Å². The van der Waals surface area contributed by atoms with Gasteiger partial charge < -0.3 is 4.42 Å². The number of nitro benzene ring substituents is 2. The molecule has 1 heterocycles. The van der Waals surface area contributed by atoms with Crippen LogP contribution in [0.1, 0.15) is 22.5 Å². The van der Waals surface area contributed by atoms with Crippen molar-refractivity contribution < 1.29 is 53.8 Å². The number of furan rings is 1. The first-order valence-corrected chi connectivity index (χ1v) is 9.60. The lowest BCUT2D eigenvalue weighted by Crippen LogP contribution is -2.11. The largest absolute Gasteiger partial charge is 0.455 e. The zero-order chi connectivity index (χ0) is 28.6. The number of hydrogen-bond donors (Lipinski definition) is 1. The molecule has 0 aliphatic rings. The van der Waals surface area contributed by atoms with Gasteiger partial charge in [0.2, 0.25) is 5.69 Å². The molecule has 0 fully saturated rings. The van der Waals surface area contributed by atoms with Gasteiger partial charge >= 0.3 is 29.9 Å². The van der Waals surface area contributed by atoms with E-state index in [1.807, 2.05) is 5.43 Å². The van der Waals surface area contributed by atoms with E-state index in [0.717, 1.165) is 12.1 Å². The van der Waals surface area contributed by atoms with E-state index in [-0.39, 0.29) is 24.0 Å². The summed E-state index contributed by atoms with van der Waals surface area (Å²) >= 11 is 0. The second-order valence-electron chi connectivity index (χ2n) is 7.27. The van der Waals surface area contributed by atoms with Crippen LogP contribution in [0.2, 0.25) is 0 Å². The third kappa shape index (κ3) is 6.19. The maximum atomic E-state index is 13.1. The van der Waals surface area contributed by atoms with Crippen LogP contribution in [0.25, 0.3) is 11.3 Å². The summed E-state index contributed by atoms with van der Waals surface area (Å²) < 4.78 is 122. The third-order valence-corrected chi connectivity index (χ3v) is 4.68. The molecule has 0 amide bonds. The summed E-state index contributed by atoms with van der Waals surface area (Å²) in [4.78, 5) is 19.7. The Labute approximate surface area is 203 Å². The molecule has 1 N–H and O–H groups in total. The lowest BCUT2D eigenvalue weighted by atomic mass is 10.0. The molecule has 0 atom stereocenters. The summed E-state index contributed by atoms with van der Waals surface area (Å²) in [7, 11) is 0. The van der Waals surface area contributed by atoms with Crippen molar-refractivity contribution in [2.45, 2.75) is 18.5 Å². The fourth-order valence-electron chi connectivity index (χ4n) is 3.01. The Morgan fingerprint density at radius 3 is 1.61 bits per heavy atom. The van der Waals surface area contributed by atoms with Crippen LogP contribution in [0.5, 0.6) is 0 Å². The number of halogens is 9. The van der Waals surface area contributed by atoms with Gasteiger partial charge in [0.1, 0.15) is 11.5 Å². The standard InChI is InChI=1S/C20H9F9N4O5/c21-18(22,23)10-3-9(4-11(5-10)19(24,25)26)16-2-1-13(38-16)8-30-31-17-14(32(34)35)6-12(20(27,28)29)7-15(17)33(36)37/h1-8,31H/b30-8-. The minimum absolute atomic E-state index is 0.0295. The normalized spacial score (nSPS) is 12.7. The van der Waals surface area contributed by atoms with Crippen molar-refractivity contribution in [3.05, 3.63) is 85.1 Å². The molecule has 0 bridgehead atoms. The Morgan fingerprint density at radius 2 is 1.18 bits per heavy atom. The van der Waals surface area contributed by atoms with Crippen LogP contribution in [-0.2, 0) is 18.5 Å². The molecule has 0 radical (unpaired) electrons. The van der Waals surface area contributed by atoms with Crippen LogP contribution in [0, 0.1) is 20.2 Å². The molecule has 0 aliphatic carbocycles.